The van der Waals surface area contributed by atoms with E-state index in [-0.39, 0.29) is 5.91 Å². The highest BCUT2D eigenvalue weighted by molar-refractivity contribution is 8.01. The topological polar surface area (TPSA) is 93.8 Å². The van der Waals surface area contributed by atoms with E-state index >= 15 is 0 Å². The molecule has 0 saturated heterocycles. The van der Waals surface area contributed by atoms with Gasteiger partial charge in [0.05, 0.1) is 5.01 Å². The smallest absolute Gasteiger partial charge is 0.275 e. The van der Waals surface area contributed by atoms with Crippen LogP contribution in [0.3, 0.4) is 0 Å². The highest BCUT2D eigenvalue weighted by atomic mass is 32.2. The van der Waals surface area contributed by atoms with E-state index in [1.54, 1.807) is 28.5 Å². The van der Waals surface area contributed by atoms with Gasteiger partial charge in [-0.1, -0.05) is 23.1 Å². The van der Waals surface area contributed by atoms with Gasteiger partial charge in [-0.15, -0.1) is 21.5 Å². The fourth-order valence-corrected chi connectivity index (χ4v) is 4.78. The molecule has 3 aromatic rings. The molecule has 25 heavy (non-hydrogen) atoms. The van der Waals surface area contributed by atoms with Gasteiger partial charge in [0.25, 0.3) is 5.91 Å². The summed E-state index contributed by atoms with van der Waals surface area (Å²) in [4.78, 5) is 17.7. The summed E-state index contributed by atoms with van der Waals surface area (Å²) in [5, 5.41) is 14.6. The van der Waals surface area contributed by atoms with Crippen molar-refractivity contribution in [3.8, 4) is 0 Å². The molecule has 3 N–H and O–H groups in total. The van der Waals surface area contributed by atoms with Crippen LogP contribution in [0.4, 0.5) is 5.69 Å². The van der Waals surface area contributed by atoms with Gasteiger partial charge < -0.3 is 11.1 Å². The molecule has 1 aromatic carbocycles. The molecular weight excluding hydrogens is 374 g/mol. The number of aryl methyl sites for hydroxylation is 2. The highest BCUT2D eigenvalue weighted by Gasteiger charge is 2.12. The Labute approximate surface area is 157 Å². The maximum atomic E-state index is 12.3. The second kappa shape index (κ2) is 8.05. The number of hydrogen-bond acceptors (Lipinski definition) is 8. The molecule has 1 amide bonds. The van der Waals surface area contributed by atoms with E-state index in [1.807, 2.05) is 32.0 Å². The zero-order valence-electron chi connectivity index (χ0n) is 13.8. The van der Waals surface area contributed by atoms with Gasteiger partial charge in [0.15, 0.2) is 4.34 Å². The Hall–Kier alpha value is -1.81. The molecule has 2 heterocycles. The second-order valence-electron chi connectivity index (χ2n) is 5.29. The molecule has 0 unspecified atom stereocenters. The predicted octanol–water partition coefficient (Wildman–Crippen LogP) is 3.52. The molecule has 0 saturated carbocycles. The standard InChI is InChI=1S/C16H17N5OS3/c1-9-7-11(25-16-21-20-10(2)24-16)3-4-12(9)19-15(22)13-8-23-14(18-13)5-6-17/h3-4,7-8H,5-6,17H2,1-2H3,(H,19,22). The number of nitrogens with zero attached hydrogens (tertiary/aromatic N) is 3. The van der Waals surface area contributed by atoms with Crippen molar-refractivity contribution in [1.82, 2.24) is 15.2 Å². The van der Waals surface area contributed by atoms with Crippen LogP contribution in [-0.4, -0.2) is 27.6 Å². The van der Waals surface area contributed by atoms with Crippen molar-refractivity contribution in [3.63, 3.8) is 0 Å². The van der Waals surface area contributed by atoms with Crippen molar-refractivity contribution >= 4 is 46.0 Å². The largest absolute Gasteiger partial charge is 0.330 e. The molecule has 0 aliphatic carbocycles. The Morgan fingerprint density at radius 1 is 1.32 bits per heavy atom. The summed E-state index contributed by atoms with van der Waals surface area (Å²) in [5.41, 5.74) is 7.70. The van der Waals surface area contributed by atoms with E-state index in [0.29, 0.717) is 18.7 Å². The van der Waals surface area contributed by atoms with E-state index in [4.69, 9.17) is 5.73 Å². The van der Waals surface area contributed by atoms with Gasteiger partial charge in [-0.05, 0) is 44.2 Å². The van der Waals surface area contributed by atoms with E-state index < -0.39 is 0 Å². The molecule has 0 atom stereocenters. The Bertz CT molecular complexity index is 890. The van der Waals surface area contributed by atoms with Crippen LogP contribution in [0, 0.1) is 13.8 Å². The van der Waals surface area contributed by atoms with Crippen molar-refractivity contribution in [1.29, 1.82) is 0 Å². The number of carbonyl (C=O) groups is 1. The third kappa shape index (κ3) is 4.63. The minimum absolute atomic E-state index is 0.206. The Morgan fingerprint density at radius 2 is 2.16 bits per heavy atom. The molecule has 6 nitrogen and oxygen atoms in total. The Morgan fingerprint density at radius 3 is 2.84 bits per heavy atom. The van der Waals surface area contributed by atoms with Crippen LogP contribution in [0.15, 0.2) is 32.8 Å². The van der Waals surface area contributed by atoms with Gasteiger partial charge in [0.1, 0.15) is 10.7 Å². The third-order valence-corrected chi connectivity index (χ3v) is 6.09. The molecule has 0 bridgehead atoms. The molecule has 0 aliphatic heterocycles. The van der Waals surface area contributed by atoms with Gasteiger partial charge in [-0.25, -0.2) is 4.98 Å². The van der Waals surface area contributed by atoms with Gasteiger partial charge in [-0.2, -0.15) is 0 Å². The van der Waals surface area contributed by atoms with Gasteiger partial charge >= 0.3 is 0 Å². The van der Waals surface area contributed by atoms with Crippen LogP contribution in [0.1, 0.15) is 26.1 Å². The lowest BCUT2D eigenvalue weighted by Crippen LogP contribution is -2.13. The van der Waals surface area contributed by atoms with Crippen molar-refractivity contribution in [3.05, 3.63) is 44.9 Å². The monoisotopic (exact) mass is 391 g/mol. The molecule has 3 rings (SSSR count). The van der Waals surface area contributed by atoms with Crippen LogP contribution < -0.4 is 11.1 Å². The average molecular weight is 392 g/mol. The maximum absolute atomic E-state index is 12.3. The predicted molar refractivity (Wildman–Crippen MR) is 103 cm³/mol. The Balaban J connectivity index is 1.68. The van der Waals surface area contributed by atoms with Crippen LogP contribution in [-0.2, 0) is 6.42 Å². The van der Waals surface area contributed by atoms with Crippen LogP contribution in [0.25, 0.3) is 0 Å². The number of anilines is 1. The second-order valence-corrected chi connectivity index (χ2v) is 8.73. The van der Waals surface area contributed by atoms with E-state index in [9.17, 15) is 4.79 Å². The fraction of sp³-hybridized carbons (Fsp3) is 0.250. The summed E-state index contributed by atoms with van der Waals surface area (Å²) in [7, 11) is 0. The van der Waals surface area contributed by atoms with Gasteiger partial charge in [0.2, 0.25) is 0 Å². The summed E-state index contributed by atoms with van der Waals surface area (Å²) in [5.74, 6) is -0.206. The van der Waals surface area contributed by atoms with Gasteiger partial charge in [-0.3, -0.25) is 4.79 Å². The number of thiazole rings is 1. The van der Waals surface area contributed by atoms with Crippen molar-refractivity contribution in [2.45, 2.75) is 29.5 Å². The van der Waals surface area contributed by atoms with Crippen LogP contribution in [0.5, 0.6) is 0 Å². The maximum Gasteiger partial charge on any atom is 0.275 e. The van der Waals surface area contributed by atoms with Crippen LogP contribution >= 0.6 is 34.4 Å². The molecule has 9 heteroatoms. The lowest BCUT2D eigenvalue weighted by molar-refractivity contribution is 0.102. The number of benzene rings is 1. The molecule has 0 spiro atoms. The van der Waals surface area contributed by atoms with Crippen molar-refractivity contribution in [2.24, 2.45) is 5.73 Å². The van der Waals surface area contributed by atoms with E-state index in [0.717, 1.165) is 30.5 Å². The molecule has 0 fully saturated rings. The molecule has 0 radical (unpaired) electrons. The summed E-state index contributed by atoms with van der Waals surface area (Å²) < 4.78 is 0.906. The van der Waals surface area contributed by atoms with Gasteiger partial charge in [0, 0.05) is 22.4 Å². The van der Waals surface area contributed by atoms with Crippen molar-refractivity contribution < 1.29 is 4.79 Å². The highest BCUT2D eigenvalue weighted by Crippen LogP contribution is 2.32. The zero-order valence-corrected chi connectivity index (χ0v) is 16.2. The number of nitrogens with two attached hydrogens (primary N) is 1. The first kappa shape index (κ1) is 18.0. The SMILES string of the molecule is Cc1nnc(Sc2ccc(NC(=O)c3csc(CCN)n3)c(C)c2)s1. The normalized spacial score (nSPS) is 10.8. The minimum atomic E-state index is -0.206. The number of rotatable bonds is 6. The number of carbonyl (C=O) groups excluding carboxylic acids is 1. The number of aromatic nitrogens is 3. The van der Waals surface area contributed by atoms with E-state index in [2.05, 4.69) is 20.5 Å². The first-order chi connectivity index (χ1) is 12.0. The lowest BCUT2D eigenvalue weighted by atomic mass is 10.2. The summed E-state index contributed by atoms with van der Waals surface area (Å²) in [6.45, 7) is 4.43. The minimum Gasteiger partial charge on any atom is -0.330 e. The third-order valence-electron chi connectivity index (χ3n) is 3.30. The summed E-state index contributed by atoms with van der Waals surface area (Å²) >= 11 is 4.58. The average Bonchev–Trinajstić information content (AvgIpc) is 3.20. The zero-order chi connectivity index (χ0) is 17.8. The quantitative estimate of drug-likeness (QED) is 0.668. The lowest BCUT2D eigenvalue weighted by Gasteiger charge is -2.08. The molecular formula is C16H17N5OS3. The first-order valence-electron chi connectivity index (χ1n) is 7.59. The van der Waals surface area contributed by atoms with Crippen LogP contribution in [0.2, 0.25) is 0 Å². The van der Waals surface area contributed by atoms with E-state index in [1.165, 1.54) is 11.3 Å². The molecule has 0 aliphatic rings. The summed E-state index contributed by atoms with van der Waals surface area (Å²) in [6, 6.07) is 5.89. The first-order valence-corrected chi connectivity index (χ1v) is 10.1. The fourth-order valence-electron chi connectivity index (χ4n) is 2.10. The van der Waals surface area contributed by atoms with Crippen molar-refractivity contribution in [2.75, 3.05) is 11.9 Å². The molecule has 2 aromatic heterocycles. The number of hydrogen-bond donors (Lipinski definition) is 2. The number of nitrogens with one attached hydrogen (secondary N) is 1. The Kier molecular flexibility index (Phi) is 5.79. The summed E-state index contributed by atoms with van der Waals surface area (Å²) in [6.07, 6.45) is 0.688. The molecule has 130 valence electrons. The number of amides is 1.